The Morgan fingerprint density at radius 1 is 1.64 bits per heavy atom. The van der Waals surface area contributed by atoms with E-state index in [-0.39, 0.29) is 17.9 Å². The molecule has 72 valence electrons. The molecule has 5 nitrogen and oxygen atoms in total. The summed E-state index contributed by atoms with van der Waals surface area (Å²) in [4.78, 5) is 26.3. The van der Waals surface area contributed by atoms with Gasteiger partial charge in [0.15, 0.2) is 0 Å². The predicted octanol–water partition coefficient (Wildman–Crippen LogP) is 0.938. The minimum Gasteiger partial charge on any atom is -0.468 e. The van der Waals surface area contributed by atoms with E-state index in [2.05, 4.69) is 9.99 Å². The van der Waals surface area contributed by atoms with Crippen LogP contribution < -0.4 is 0 Å². The van der Waals surface area contributed by atoms with Crippen LogP contribution in [0.3, 0.4) is 0 Å². The number of nitrogens with zero attached hydrogens (tertiary/aromatic N) is 1. The zero-order valence-electron chi connectivity index (χ0n) is 7.44. The van der Waals surface area contributed by atoms with E-state index in [1.54, 1.807) is 6.07 Å². The molecule has 1 heterocycles. The molecule has 0 amide bonds. The van der Waals surface area contributed by atoms with Gasteiger partial charge in [0.1, 0.15) is 11.5 Å². The Bertz CT molecular complexity index is 430. The quantitative estimate of drug-likeness (QED) is 0.491. The second-order valence-corrected chi connectivity index (χ2v) is 2.88. The monoisotopic (exact) mass is 193 g/mol. The number of carbonyl (C=O) groups excluding carboxylic acids is 2. The average molecular weight is 193 g/mol. The molecule has 0 aliphatic heterocycles. The Balaban J connectivity index is 2.21. The van der Waals surface area contributed by atoms with Crippen LogP contribution in [0.1, 0.15) is 23.0 Å². The van der Waals surface area contributed by atoms with Gasteiger partial charge >= 0.3 is 5.97 Å². The van der Waals surface area contributed by atoms with Crippen LogP contribution in [0, 0.1) is 0 Å². The molecule has 0 atom stereocenters. The lowest BCUT2D eigenvalue weighted by Crippen LogP contribution is -2.09. The standard InChI is InChI=1S/C9H7NO4/c1-5(11)14-10-7-4-8-6(9(7)12)2-3-13-8/h2-3H,4H2,1H3/b10-7+. The Hall–Kier alpha value is -1.91. The van der Waals surface area contributed by atoms with Crippen molar-refractivity contribution in [1.29, 1.82) is 0 Å². The van der Waals surface area contributed by atoms with E-state index in [1.165, 1.54) is 13.2 Å². The van der Waals surface area contributed by atoms with Crippen molar-refractivity contribution in [1.82, 2.24) is 0 Å². The summed E-state index contributed by atoms with van der Waals surface area (Å²) in [7, 11) is 0. The van der Waals surface area contributed by atoms with Gasteiger partial charge in [-0.3, -0.25) is 4.79 Å². The molecule has 2 rings (SSSR count). The van der Waals surface area contributed by atoms with Gasteiger partial charge in [-0.05, 0) is 6.07 Å². The fourth-order valence-electron chi connectivity index (χ4n) is 1.26. The van der Waals surface area contributed by atoms with Crippen molar-refractivity contribution in [3.8, 4) is 0 Å². The summed E-state index contributed by atoms with van der Waals surface area (Å²) >= 11 is 0. The van der Waals surface area contributed by atoms with Crippen LogP contribution >= 0.6 is 0 Å². The van der Waals surface area contributed by atoms with Gasteiger partial charge in [-0.25, -0.2) is 4.79 Å². The number of hydrogen-bond acceptors (Lipinski definition) is 5. The van der Waals surface area contributed by atoms with Crippen molar-refractivity contribution < 1.29 is 18.8 Å². The molecule has 14 heavy (non-hydrogen) atoms. The fraction of sp³-hybridized carbons (Fsp3) is 0.222. The van der Waals surface area contributed by atoms with Crippen LogP contribution in [0.2, 0.25) is 0 Å². The Morgan fingerprint density at radius 3 is 3.07 bits per heavy atom. The normalized spacial score (nSPS) is 17.2. The molecule has 0 aromatic carbocycles. The van der Waals surface area contributed by atoms with Crippen LogP contribution in [0.15, 0.2) is 21.9 Å². The number of rotatable bonds is 1. The third kappa shape index (κ3) is 1.32. The number of Topliss-reactive ketones (excluding diaryl/α,β-unsaturated/α-hetero) is 1. The van der Waals surface area contributed by atoms with Crippen molar-refractivity contribution in [2.75, 3.05) is 0 Å². The van der Waals surface area contributed by atoms with Gasteiger partial charge in [0.05, 0.1) is 18.2 Å². The summed E-state index contributed by atoms with van der Waals surface area (Å²) < 4.78 is 5.04. The molecule has 0 saturated carbocycles. The highest BCUT2D eigenvalue weighted by molar-refractivity contribution is 6.49. The SMILES string of the molecule is CC(=O)O/N=C1\Cc2occc2C1=O. The first-order valence-corrected chi connectivity index (χ1v) is 4.04. The van der Waals surface area contributed by atoms with Crippen LogP contribution in [-0.2, 0) is 16.1 Å². The van der Waals surface area contributed by atoms with Gasteiger partial charge in [-0.15, -0.1) is 0 Å². The number of oxime groups is 1. The van der Waals surface area contributed by atoms with Crippen LogP contribution in [0.5, 0.6) is 0 Å². The van der Waals surface area contributed by atoms with Crippen molar-refractivity contribution >= 4 is 17.5 Å². The summed E-state index contributed by atoms with van der Waals surface area (Å²) in [6, 6.07) is 1.58. The molecule has 1 aromatic rings. The van der Waals surface area contributed by atoms with Crippen molar-refractivity contribution in [2.24, 2.45) is 5.16 Å². The first kappa shape index (κ1) is 8.68. The van der Waals surface area contributed by atoms with E-state index in [4.69, 9.17) is 4.42 Å². The van der Waals surface area contributed by atoms with Gasteiger partial charge < -0.3 is 9.25 Å². The smallest absolute Gasteiger partial charge is 0.331 e. The first-order valence-electron chi connectivity index (χ1n) is 4.04. The van der Waals surface area contributed by atoms with E-state index in [1.807, 2.05) is 0 Å². The number of ketones is 1. The molecule has 5 heteroatoms. The van der Waals surface area contributed by atoms with Crippen molar-refractivity contribution in [3.05, 3.63) is 23.7 Å². The zero-order valence-corrected chi connectivity index (χ0v) is 7.44. The Morgan fingerprint density at radius 2 is 2.43 bits per heavy atom. The van der Waals surface area contributed by atoms with Crippen LogP contribution in [-0.4, -0.2) is 17.5 Å². The second-order valence-electron chi connectivity index (χ2n) is 2.88. The molecule has 1 aliphatic carbocycles. The lowest BCUT2D eigenvalue weighted by Gasteiger charge is -1.92. The zero-order chi connectivity index (χ0) is 10.1. The Labute approximate surface area is 79.3 Å². The maximum atomic E-state index is 11.5. The highest BCUT2D eigenvalue weighted by atomic mass is 16.7. The fourth-order valence-corrected chi connectivity index (χ4v) is 1.26. The topological polar surface area (TPSA) is 68.9 Å². The summed E-state index contributed by atoms with van der Waals surface area (Å²) in [6.07, 6.45) is 1.74. The molecule has 0 N–H and O–H groups in total. The lowest BCUT2D eigenvalue weighted by atomic mass is 10.2. The molecular weight excluding hydrogens is 186 g/mol. The van der Waals surface area contributed by atoms with E-state index >= 15 is 0 Å². The minimum atomic E-state index is -0.547. The van der Waals surface area contributed by atoms with Crippen LogP contribution in [0.4, 0.5) is 0 Å². The van der Waals surface area contributed by atoms with E-state index in [0.717, 1.165) is 0 Å². The number of fused-ring (bicyclic) bond motifs is 1. The van der Waals surface area contributed by atoms with Gasteiger partial charge in [-0.2, -0.15) is 0 Å². The third-order valence-electron chi connectivity index (χ3n) is 1.86. The molecule has 0 fully saturated rings. The summed E-state index contributed by atoms with van der Waals surface area (Å²) in [5.41, 5.74) is 0.699. The van der Waals surface area contributed by atoms with Gasteiger partial charge in [0.2, 0.25) is 5.78 Å². The number of hydrogen-bond donors (Lipinski definition) is 0. The van der Waals surface area contributed by atoms with E-state index in [0.29, 0.717) is 11.3 Å². The molecule has 0 spiro atoms. The van der Waals surface area contributed by atoms with Gasteiger partial charge in [0, 0.05) is 6.92 Å². The number of furan rings is 1. The highest BCUT2D eigenvalue weighted by Crippen LogP contribution is 2.21. The molecule has 0 saturated heterocycles. The minimum absolute atomic E-state index is 0.203. The molecule has 0 radical (unpaired) electrons. The first-order chi connectivity index (χ1) is 6.68. The lowest BCUT2D eigenvalue weighted by molar-refractivity contribution is -0.140. The molecule has 1 aliphatic rings. The second kappa shape index (κ2) is 3.10. The van der Waals surface area contributed by atoms with Crippen LogP contribution in [0.25, 0.3) is 0 Å². The summed E-state index contributed by atoms with van der Waals surface area (Å²) in [6.45, 7) is 1.22. The van der Waals surface area contributed by atoms with Gasteiger partial charge in [-0.1, -0.05) is 5.16 Å². The third-order valence-corrected chi connectivity index (χ3v) is 1.86. The predicted molar refractivity (Wildman–Crippen MR) is 45.9 cm³/mol. The van der Waals surface area contributed by atoms with E-state index in [9.17, 15) is 9.59 Å². The highest BCUT2D eigenvalue weighted by Gasteiger charge is 2.29. The number of carbonyl (C=O) groups is 2. The summed E-state index contributed by atoms with van der Waals surface area (Å²) in [5.74, 6) is -0.218. The van der Waals surface area contributed by atoms with Crippen molar-refractivity contribution in [3.63, 3.8) is 0 Å². The van der Waals surface area contributed by atoms with Gasteiger partial charge in [0.25, 0.3) is 0 Å². The summed E-state index contributed by atoms with van der Waals surface area (Å²) in [5, 5.41) is 3.45. The Kier molecular flexibility index (Phi) is 1.92. The maximum absolute atomic E-state index is 11.5. The average Bonchev–Trinajstić information content (AvgIpc) is 2.66. The van der Waals surface area contributed by atoms with E-state index < -0.39 is 5.97 Å². The maximum Gasteiger partial charge on any atom is 0.331 e. The largest absolute Gasteiger partial charge is 0.468 e. The molecular formula is C9H7NO4. The molecule has 1 aromatic heterocycles. The molecule has 0 bridgehead atoms. The van der Waals surface area contributed by atoms with Crippen molar-refractivity contribution in [2.45, 2.75) is 13.3 Å². The molecule has 0 unspecified atom stereocenters.